The molecule has 0 fully saturated rings. The molecule has 0 unspecified atom stereocenters. The monoisotopic (exact) mass is 193 g/mol. The highest BCUT2D eigenvalue weighted by atomic mass is 16.7. The van der Waals surface area contributed by atoms with Crippen molar-refractivity contribution in [2.24, 2.45) is 0 Å². The highest BCUT2D eigenvalue weighted by molar-refractivity contribution is 5.79. The third kappa shape index (κ3) is 2.57. The van der Waals surface area contributed by atoms with E-state index in [2.05, 4.69) is 0 Å². The topological polar surface area (TPSA) is 29.5 Å². The number of carbonyl (C=O) groups excluding carboxylic acids is 1. The predicted octanol–water partition coefficient (Wildman–Crippen LogP) is 2.13. The van der Waals surface area contributed by atoms with E-state index in [1.807, 2.05) is 26.0 Å². The minimum absolute atomic E-state index is 0.583. The SMILES string of the molecule is CCN(CC)Oc1ccccc1C=O. The summed E-state index contributed by atoms with van der Waals surface area (Å²) in [6.07, 6.45) is 0.804. The third-order valence-corrected chi connectivity index (χ3v) is 1.98. The Morgan fingerprint density at radius 3 is 2.50 bits per heavy atom. The second kappa shape index (κ2) is 5.40. The van der Waals surface area contributed by atoms with Crippen molar-refractivity contribution in [3.63, 3.8) is 0 Å². The fourth-order valence-corrected chi connectivity index (χ4v) is 1.15. The van der Waals surface area contributed by atoms with Crippen LogP contribution in [-0.4, -0.2) is 24.4 Å². The number of hydrogen-bond donors (Lipinski definition) is 0. The number of nitrogens with zero attached hydrogens (tertiary/aromatic N) is 1. The summed E-state index contributed by atoms with van der Waals surface area (Å²) in [6, 6.07) is 7.21. The molecule has 0 radical (unpaired) electrons. The van der Waals surface area contributed by atoms with Crippen molar-refractivity contribution in [2.75, 3.05) is 13.1 Å². The Bertz CT molecular complexity index is 295. The number of hydrogen-bond acceptors (Lipinski definition) is 3. The zero-order valence-electron chi connectivity index (χ0n) is 8.56. The Labute approximate surface area is 84.2 Å². The minimum Gasteiger partial charge on any atom is -0.405 e. The number of para-hydroxylation sites is 1. The van der Waals surface area contributed by atoms with Gasteiger partial charge in [0.1, 0.15) is 0 Å². The maximum absolute atomic E-state index is 10.7. The van der Waals surface area contributed by atoms with Crippen molar-refractivity contribution in [2.45, 2.75) is 13.8 Å². The van der Waals surface area contributed by atoms with E-state index >= 15 is 0 Å². The first-order chi connectivity index (χ1) is 6.81. The van der Waals surface area contributed by atoms with E-state index < -0.39 is 0 Å². The highest BCUT2D eigenvalue weighted by Crippen LogP contribution is 2.16. The molecule has 0 N–H and O–H groups in total. The quantitative estimate of drug-likeness (QED) is 0.530. The lowest BCUT2D eigenvalue weighted by molar-refractivity contribution is -0.0490. The Morgan fingerprint density at radius 1 is 1.29 bits per heavy atom. The van der Waals surface area contributed by atoms with E-state index in [4.69, 9.17) is 4.84 Å². The smallest absolute Gasteiger partial charge is 0.157 e. The standard InChI is InChI=1S/C11H15NO2/c1-3-12(4-2)14-11-8-6-5-7-10(11)9-13/h5-9H,3-4H2,1-2H3. The summed E-state index contributed by atoms with van der Waals surface area (Å²) in [5, 5.41) is 1.79. The molecule has 0 aliphatic rings. The molecule has 0 heterocycles. The van der Waals surface area contributed by atoms with Crippen LogP contribution in [0.4, 0.5) is 0 Å². The number of carbonyl (C=O) groups is 1. The van der Waals surface area contributed by atoms with Gasteiger partial charge < -0.3 is 4.84 Å². The molecule has 0 saturated heterocycles. The van der Waals surface area contributed by atoms with E-state index in [-0.39, 0.29) is 0 Å². The molecule has 0 spiro atoms. The van der Waals surface area contributed by atoms with Gasteiger partial charge in [-0.25, -0.2) is 0 Å². The van der Waals surface area contributed by atoms with Gasteiger partial charge in [-0.3, -0.25) is 4.79 Å². The molecule has 3 nitrogen and oxygen atoms in total. The Hall–Kier alpha value is -1.35. The molecule has 0 aliphatic heterocycles. The van der Waals surface area contributed by atoms with E-state index in [0.717, 1.165) is 19.4 Å². The molecule has 0 aromatic heterocycles. The van der Waals surface area contributed by atoms with Crippen LogP contribution in [-0.2, 0) is 0 Å². The largest absolute Gasteiger partial charge is 0.405 e. The minimum atomic E-state index is 0.583. The average molecular weight is 193 g/mol. The summed E-state index contributed by atoms with van der Waals surface area (Å²) in [6.45, 7) is 5.60. The van der Waals surface area contributed by atoms with Crippen LogP contribution in [0, 0.1) is 0 Å². The van der Waals surface area contributed by atoms with Crippen LogP contribution in [0.1, 0.15) is 24.2 Å². The molecule has 1 aromatic carbocycles. The molecule has 0 amide bonds. The van der Waals surface area contributed by atoms with E-state index in [1.165, 1.54) is 0 Å². The van der Waals surface area contributed by atoms with Crippen molar-refractivity contribution < 1.29 is 9.63 Å². The lowest BCUT2D eigenvalue weighted by atomic mass is 10.2. The summed E-state index contributed by atoms with van der Waals surface area (Å²) >= 11 is 0. The summed E-state index contributed by atoms with van der Waals surface area (Å²) in [4.78, 5) is 16.2. The molecular weight excluding hydrogens is 178 g/mol. The van der Waals surface area contributed by atoms with Crippen molar-refractivity contribution in [3.8, 4) is 5.75 Å². The van der Waals surface area contributed by atoms with Crippen LogP contribution < -0.4 is 4.84 Å². The van der Waals surface area contributed by atoms with E-state index in [1.54, 1.807) is 17.2 Å². The number of rotatable bonds is 5. The molecular formula is C11H15NO2. The molecule has 1 rings (SSSR count). The van der Waals surface area contributed by atoms with E-state index in [9.17, 15) is 4.79 Å². The van der Waals surface area contributed by atoms with Crippen LogP contribution in [0.15, 0.2) is 24.3 Å². The maximum atomic E-state index is 10.7. The van der Waals surface area contributed by atoms with Crippen LogP contribution >= 0.6 is 0 Å². The van der Waals surface area contributed by atoms with Gasteiger partial charge in [-0.1, -0.05) is 12.1 Å². The molecule has 14 heavy (non-hydrogen) atoms. The van der Waals surface area contributed by atoms with Crippen molar-refractivity contribution in [1.29, 1.82) is 0 Å². The molecule has 1 aromatic rings. The summed E-state index contributed by atoms with van der Waals surface area (Å²) in [5.74, 6) is 0.617. The van der Waals surface area contributed by atoms with Gasteiger partial charge in [0, 0.05) is 13.1 Å². The predicted molar refractivity (Wildman–Crippen MR) is 55.4 cm³/mol. The van der Waals surface area contributed by atoms with Gasteiger partial charge >= 0.3 is 0 Å². The summed E-state index contributed by atoms with van der Waals surface area (Å²) in [7, 11) is 0. The second-order valence-corrected chi connectivity index (χ2v) is 2.86. The zero-order valence-corrected chi connectivity index (χ0v) is 8.56. The first kappa shape index (κ1) is 10.7. The van der Waals surface area contributed by atoms with Crippen LogP contribution in [0.25, 0.3) is 0 Å². The lowest BCUT2D eigenvalue weighted by Crippen LogP contribution is -2.27. The fourth-order valence-electron chi connectivity index (χ4n) is 1.15. The highest BCUT2D eigenvalue weighted by Gasteiger charge is 2.05. The number of aldehydes is 1. The van der Waals surface area contributed by atoms with Gasteiger partial charge in [-0.05, 0) is 26.0 Å². The van der Waals surface area contributed by atoms with Gasteiger partial charge in [0.2, 0.25) is 0 Å². The normalized spacial score (nSPS) is 10.2. The molecule has 76 valence electrons. The van der Waals surface area contributed by atoms with Gasteiger partial charge in [-0.15, -0.1) is 5.06 Å². The molecule has 0 atom stereocenters. The first-order valence-corrected chi connectivity index (χ1v) is 4.79. The molecule has 0 aliphatic carbocycles. The Balaban J connectivity index is 2.79. The average Bonchev–Trinajstić information content (AvgIpc) is 2.26. The fraction of sp³-hybridized carbons (Fsp3) is 0.364. The number of hydroxylamine groups is 2. The van der Waals surface area contributed by atoms with Crippen molar-refractivity contribution in [1.82, 2.24) is 5.06 Å². The third-order valence-electron chi connectivity index (χ3n) is 1.98. The van der Waals surface area contributed by atoms with Crippen LogP contribution in [0.5, 0.6) is 5.75 Å². The number of benzene rings is 1. The first-order valence-electron chi connectivity index (χ1n) is 4.79. The van der Waals surface area contributed by atoms with Gasteiger partial charge in [0.05, 0.1) is 5.56 Å². The van der Waals surface area contributed by atoms with Gasteiger partial charge in [0.15, 0.2) is 12.0 Å². The van der Waals surface area contributed by atoms with Crippen molar-refractivity contribution >= 4 is 6.29 Å². The van der Waals surface area contributed by atoms with Crippen molar-refractivity contribution in [3.05, 3.63) is 29.8 Å². The van der Waals surface area contributed by atoms with Gasteiger partial charge in [-0.2, -0.15) is 0 Å². The zero-order chi connectivity index (χ0) is 10.4. The molecule has 3 heteroatoms. The molecule has 0 bridgehead atoms. The maximum Gasteiger partial charge on any atom is 0.157 e. The van der Waals surface area contributed by atoms with Crippen LogP contribution in [0.3, 0.4) is 0 Å². The summed E-state index contributed by atoms with van der Waals surface area (Å²) < 4.78 is 0. The lowest BCUT2D eigenvalue weighted by Gasteiger charge is -2.19. The Kier molecular flexibility index (Phi) is 4.13. The van der Waals surface area contributed by atoms with E-state index in [0.29, 0.717) is 11.3 Å². The summed E-state index contributed by atoms with van der Waals surface area (Å²) in [5.41, 5.74) is 0.583. The van der Waals surface area contributed by atoms with Gasteiger partial charge in [0.25, 0.3) is 0 Å². The van der Waals surface area contributed by atoms with Crippen LogP contribution in [0.2, 0.25) is 0 Å². The Morgan fingerprint density at radius 2 is 1.93 bits per heavy atom. The molecule has 0 saturated carbocycles. The second-order valence-electron chi connectivity index (χ2n) is 2.86.